The molecule has 2 rings (SSSR count). The second-order valence-corrected chi connectivity index (χ2v) is 6.12. The van der Waals surface area contributed by atoms with Crippen LogP contribution in [0.15, 0.2) is 18.2 Å². The fraction of sp³-hybridized carbons (Fsp3) is 0.375. The summed E-state index contributed by atoms with van der Waals surface area (Å²) < 4.78 is 1.69. The molecule has 118 valence electrons. The number of halogens is 2. The quantitative estimate of drug-likeness (QED) is 0.876. The van der Waals surface area contributed by atoms with Crippen LogP contribution in [-0.2, 0) is 4.79 Å². The van der Waals surface area contributed by atoms with Gasteiger partial charge in [-0.05, 0) is 44.9 Å². The standard InChI is InChI=1S/C16H19Cl2N3O/c1-5-14(21-11(4)15(18)10(3)20-21)16(22)19-13-8-12(17)7-6-9(13)2/h6-8,14H,5H2,1-4H3,(H,19,22). The van der Waals surface area contributed by atoms with Gasteiger partial charge in [0.2, 0.25) is 5.91 Å². The summed E-state index contributed by atoms with van der Waals surface area (Å²) in [5.74, 6) is -0.130. The lowest BCUT2D eigenvalue weighted by Crippen LogP contribution is -2.27. The number of hydrogen-bond acceptors (Lipinski definition) is 2. The van der Waals surface area contributed by atoms with Gasteiger partial charge in [-0.25, -0.2) is 0 Å². The summed E-state index contributed by atoms with van der Waals surface area (Å²) in [6, 6.07) is 5.00. The van der Waals surface area contributed by atoms with E-state index in [-0.39, 0.29) is 5.91 Å². The molecule has 0 aliphatic carbocycles. The van der Waals surface area contributed by atoms with E-state index in [1.54, 1.807) is 16.8 Å². The van der Waals surface area contributed by atoms with E-state index in [0.29, 0.717) is 22.2 Å². The Morgan fingerprint density at radius 1 is 1.32 bits per heavy atom. The third-order valence-electron chi connectivity index (χ3n) is 3.68. The molecule has 6 heteroatoms. The van der Waals surface area contributed by atoms with Gasteiger partial charge >= 0.3 is 0 Å². The number of hydrogen-bond donors (Lipinski definition) is 1. The Morgan fingerprint density at radius 3 is 2.55 bits per heavy atom. The minimum atomic E-state index is -0.412. The van der Waals surface area contributed by atoms with Gasteiger partial charge in [0.15, 0.2) is 0 Å². The van der Waals surface area contributed by atoms with Gasteiger partial charge in [-0.2, -0.15) is 5.10 Å². The molecule has 1 N–H and O–H groups in total. The summed E-state index contributed by atoms with van der Waals surface area (Å²) in [6.07, 6.45) is 0.615. The minimum Gasteiger partial charge on any atom is -0.324 e. The molecule has 1 aromatic heterocycles. The predicted octanol–water partition coefficient (Wildman–Crippen LogP) is 4.70. The average molecular weight is 340 g/mol. The third-order valence-corrected chi connectivity index (χ3v) is 4.46. The Kier molecular flexibility index (Phi) is 5.14. The summed E-state index contributed by atoms with van der Waals surface area (Å²) >= 11 is 12.2. The monoisotopic (exact) mass is 339 g/mol. The number of rotatable bonds is 4. The molecule has 0 saturated heterocycles. The van der Waals surface area contributed by atoms with Crippen molar-refractivity contribution < 1.29 is 4.79 Å². The molecule has 0 aliphatic heterocycles. The second-order valence-electron chi connectivity index (χ2n) is 5.30. The number of anilines is 1. The summed E-state index contributed by atoms with van der Waals surface area (Å²) in [5, 5.41) is 8.50. The first-order valence-corrected chi connectivity index (χ1v) is 7.89. The second kappa shape index (κ2) is 6.71. The van der Waals surface area contributed by atoms with Gasteiger partial charge in [0.1, 0.15) is 6.04 Å². The topological polar surface area (TPSA) is 46.9 Å². The largest absolute Gasteiger partial charge is 0.324 e. The number of carbonyl (C=O) groups excluding carboxylic acids is 1. The van der Waals surface area contributed by atoms with Crippen molar-refractivity contribution in [2.75, 3.05) is 5.32 Å². The highest BCUT2D eigenvalue weighted by Crippen LogP contribution is 2.26. The fourth-order valence-electron chi connectivity index (χ4n) is 2.36. The number of nitrogens with zero attached hydrogens (tertiary/aromatic N) is 2. The molecule has 4 nitrogen and oxygen atoms in total. The molecule has 0 fully saturated rings. The lowest BCUT2D eigenvalue weighted by Gasteiger charge is -2.18. The van der Waals surface area contributed by atoms with Crippen molar-refractivity contribution in [1.29, 1.82) is 0 Å². The van der Waals surface area contributed by atoms with Crippen molar-refractivity contribution in [3.63, 3.8) is 0 Å². The van der Waals surface area contributed by atoms with Crippen LogP contribution in [0.5, 0.6) is 0 Å². The smallest absolute Gasteiger partial charge is 0.249 e. The molecule has 1 aromatic carbocycles. The third kappa shape index (κ3) is 3.28. The normalized spacial score (nSPS) is 12.3. The van der Waals surface area contributed by atoms with Crippen molar-refractivity contribution in [2.45, 2.75) is 40.2 Å². The molecular weight excluding hydrogens is 321 g/mol. The Hall–Kier alpha value is -1.52. The highest BCUT2D eigenvalue weighted by molar-refractivity contribution is 6.32. The zero-order chi connectivity index (χ0) is 16.4. The summed E-state index contributed by atoms with van der Waals surface area (Å²) in [7, 11) is 0. The Bertz CT molecular complexity index is 710. The van der Waals surface area contributed by atoms with E-state index in [4.69, 9.17) is 23.2 Å². The maximum absolute atomic E-state index is 12.6. The van der Waals surface area contributed by atoms with Crippen LogP contribution in [0.4, 0.5) is 5.69 Å². The molecule has 0 spiro atoms. The van der Waals surface area contributed by atoms with Crippen LogP contribution in [0.3, 0.4) is 0 Å². The van der Waals surface area contributed by atoms with Gasteiger partial charge in [-0.1, -0.05) is 36.2 Å². The number of amides is 1. The predicted molar refractivity (Wildman–Crippen MR) is 90.9 cm³/mol. The van der Waals surface area contributed by atoms with Gasteiger partial charge < -0.3 is 5.32 Å². The SMILES string of the molecule is CCC(C(=O)Nc1cc(Cl)ccc1C)n1nc(C)c(Cl)c1C. The van der Waals surface area contributed by atoms with E-state index in [2.05, 4.69) is 10.4 Å². The number of aryl methyl sites for hydroxylation is 2. The van der Waals surface area contributed by atoms with Crippen molar-refractivity contribution in [3.8, 4) is 0 Å². The Balaban J connectivity index is 2.29. The van der Waals surface area contributed by atoms with Crippen molar-refractivity contribution in [1.82, 2.24) is 9.78 Å². The van der Waals surface area contributed by atoms with Gasteiger partial charge in [-0.3, -0.25) is 9.48 Å². The molecule has 0 radical (unpaired) electrons. The van der Waals surface area contributed by atoms with Crippen molar-refractivity contribution in [3.05, 3.63) is 45.2 Å². The first-order valence-electron chi connectivity index (χ1n) is 7.13. The Labute approximate surface area is 140 Å². The average Bonchev–Trinajstić information content (AvgIpc) is 2.72. The van der Waals surface area contributed by atoms with E-state index in [1.165, 1.54) is 0 Å². The zero-order valence-corrected chi connectivity index (χ0v) is 14.6. The maximum atomic E-state index is 12.6. The highest BCUT2D eigenvalue weighted by atomic mass is 35.5. The van der Waals surface area contributed by atoms with Crippen LogP contribution in [0, 0.1) is 20.8 Å². The first kappa shape index (κ1) is 16.8. The minimum absolute atomic E-state index is 0.130. The lowest BCUT2D eigenvalue weighted by atomic mass is 10.1. The molecule has 1 heterocycles. The van der Waals surface area contributed by atoms with E-state index in [1.807, 2.05) is 33.8 Å². The van der Waals surface area contributed by atoms with E-state index < -0.39 is 6.04 Å². The maximum Gasteiger partial charge on any atom is 0.249 e. The Morgan fingerprint density at radius 2 is 2.00 bits per heavy atom. The summed E-state index contributed by atoms with van der Waals surface area (Å²) in [6.45, 7) is 7.56. The molecule has 22 heavy (non-hydrogen) atoms. The van der Waals surface area contributed by atoms with Crippen LogP contribution < -0.4 is 5.32 Å². The van der Waals surface area contributed by atoms with Crippen LogP contribution >= 0.6 is 23.2 Å². The number of carbonyl (C=O) groups is 1. The van der Waals surface area contributed by atoms with Crippen molar-refractivity contribution in [2.24, 2.45) is 0 Å². The van der Waals surface area contributed by atoms with E-state index in [0.717, 1.165) is 17.0 Å². The molecule has 0 aliphatic rings. The molecule has 1 atom stereocenters. The van der Waals surface area contributed by atoms with Gasteiger partial charge in [0, 0.05) is 10.7 Å². The first-order chi connectivity index (χ1) is 10.3. The van der Waals surface area contributed by atoms with Gasteiger partial charge in [-0.15, -0.1) is 0 Å². The van der Waals surface area contributed by atoms with E-state index in [9.17, 15) is 4.79 Å². The summed E-state index contributed by atoms with van der Waals surface area (Å²) in [5.41, 5.74) is 3.19. The molecular formula is C16H19Cl2N3O. The van der Waals surface area contributed by atoms with Crippen LogP contribution in [-0.4, -0.2) is 15.7 Å². The van der Waals surface area contributed by atoms with Crippen LogP contribution in [0.1, 0.15) is 36.3 Å². The molecule has 1 amide bonds. The highest BCUT2D eigenvalue weighted by Gasteiger charge is 2.23. The van der Waals surface area contributed by atoms with Crippen LogP contribution in [0.25, 0.3) is 0 Å². The summed E-state index contributed by atoms with van der Waals surface area (Å²) in [4.78, 5) is 12.6. The molecule has 1 unspecified atom stereocenters. The zero-order valence-electron chi connectivity index (χ0n) is 13.1. The molecule has 0 bridgehead atoms. The van der Waals surface area contributed by atoms with Crippen LogP contribution in [0.2, 0.25) is 10.0 Å². The van der Waals surface area contributed by atoms with Gasteiger partial charge in [0.25, 0.3) is 0 Å². The lowest BCUT2D eigenvalue weighted by molar-refractivity contribution is -0.119. The fourth-order valence-corrected chi connectivity index (χ4v) is 2.66. The van der Waals surface area contributed by atoms with Gasteiger partial charge in [0.05, 0.1) is 16.4 Å². The molecule has 0 saturated carbocycles. The van der Waals surface area contributed by atoms with E-state index >= 15 is 0 Å². The molecule has 2 aromatic rings. The number of aromatic nitrogens is 2. The van der Waals surface area contributed by atoms with Crippen molar-refractivity contribution >= 4 is 34.8 Å². The number of benzene rings is 1. The number of nitrogens with one attached hydrogen (secondary N) is 1.